The Morgan fingerprint density at radius 3 is 2.61 bits per heavy atom. The number of hydrogen-bond donors (Lipinski definition) is 2. The minimum Gasteiger partial charge on any atom is -0.443 e. The summed E-state index contributed by atoms with van der Waals surface area (Å²) in [4.78, 5) is 50.1. The molecule has 3 aliphatic rings. The number of anilines is 1. The quantitative estimate of drug-likeness (QED) is 0.312. The van der Waals surface area contributed by atoms with Crippen molar-refractivity contribution in [2.24, 2.45) is 18.2 Å². The Hall–Kier alpha value is -4.54. The van der Waals surface area contributed by atoms with Crippen molar-refractivity contribution in [3.8, 4) is 17.1 Å². The largest absolute Gasteiger partial charge is 0.443 e. The molecule has 7 rings (SSSR count). The highest BCUT2D eigenvalue weighted by molar-refractivity contribution is 6.35. The van der Waals surface area contributed by atoms with E-state index in [1.54, 1.807) is 44.8 Å². The Morgan fingerprint density at radius 2 is 1.92 bits per heavy atom. The molecule has 4 aromatic heterocycles. The third kappa shape index (κ3) is 6.01. The second-order valence-corrected chi connectivity index (χ2v) is 14.2. The SMILES string of the molecule is Cn1c(N2CCC3(CC2)Cn2nccc2[C@H]3N)nc2c(c(-c3ccnc(OC(=O)NC(=O)OC(C)(C)C)c3Cl)nn2C2CCCCO2)c1=O. The van der Waals surface area contributed by atoms with Crippen molar-refractivity contribution in [1.82, 2.24) is 39.4 Å². The molecule has 0 radical (unpaired) electrons. The number of nitrogens with one attached hydrogen (secondary N) is 1. The molecule has 4 aromatic rings. The van der Waals surface area contributed by atoms with Crippen molar-refractivity contribution in [2.75, 3.05) is 24.6 Å². The van der Waals surface area contributed by atoms with Gasteiger partial charge in [0.05, 0.1) is 11.7 Å². The van der Waals surface area contributed by atoms with Gasteiger partial charge in [0.1, 0.15) is 21.7 Å². The first-order valence-corrected chi connectivity index (χ1v) is 16.7. The highest BCUT2D eigenvalue weighted by atomic mass is 35.5. The molecule has 1 unspecified atom stereocenters. The third-order valence-electron chi connectivity index (χ3n) is 9.48. The molecule has 7 heterocycles. The van der Waals surface area contributed by atoms with Crippen LogP contribution in [0.2, 0.25) is 5.02 Å². The smallest absolute Gasteiger partial charge is 0.423 e. The van der Waals surface area contributed by atoms with Crippen molar-refractivity contribution in [1.29, 1.82) is 0 Å². The molecule has 260 valence electrons. The number of imide groups is 1. The van der Waals surface area contributed by atoms with Gasteiger partial charge in [0.25, 0.3) is 5.56 Å². The zero-order chi connectivity index (χ0) is 34.7. The lowest BCUT2D eigenvalue weighted by molar-refractivity contribution is -0.0368. The number of aromatic nitrogens is 7. The van der Waals surface area contributed by atoms with Crippen LogP contribution in [-0.2, 0) is 23.1 Å². The van der Waals surface area contributed by atoms with Gasteiger partial charge in [0.2, 0.25) is 11.8 Å². The summed E-state index contributed by atoms with van der Waals surface area (Å²) in [6.45, 7) is 7.62. The molecular weight excluding hydrogens is 656 g/mol. The van der Waals surface area contributed by atoms with Crippen LogP contribution in [0.3, 0.4) is 0 Å². The van der Waals surface area contributed by atoms with Gasteiger partial charge < -0.3 is 24.8 Å². The summed E-state index contributed by atoms with van der Waals surface area (Å²) >= 11 is 6.75. The number of carbonyl (C=O) groups excluding carboxylic acids is 2. The van der Waals surface area contributed by atoms with E-state index in [1.807, 2.05) is 16.1 Å². The van der Waals surface area contributed by atoms with Gasteiger partial charge in [-0.15, -0.1) is 0 Å². The molecule has 0 saturated carbocycles. The van der Waals surface area contributed by atoms with Gasteiger partial charge in [-0.2, -0.15) is 15.2 Å². The average Bonchev–Trinajstić information content (AvgIpc) is 3.74. The molecule has 1 spiro atoms. The number of nitrogens with zero attached hydrogens (tertiary/aromatic N) is 8. The van der Waals surface area contributed by atoms with Gasteiger partial charge in [-0.1, -0.05) is 11.6 Å². The molecule has 16 nitrogen and oxygen atoms in total. The Balaban J connectivity index is 1.23. The van der Waals surface area contributed by atoms with E-state index in [0.29, 0.717) is 37.7 Å². The number of carbonyl (C=O) groups is 2. The number of rotatable bonds is 4. The fourth-order valence-corrected chi connectivity index (χ4v) is 7.24. The number of amides is 2. The van der Waals surface area contributed by atoms with Crippen LogP contribution in [0.25, 0.3) is 22.3 Å². The summed E-state index contributed by atoms with van der Waals surface area (Å²) < 4.78 is 21.7. The second-order valence-electron chi connectivity index (χ2n) is 13.8. The van der Waals surface area contributed by atoms with Gasteiger partial charge in [-0.05, 0) is 65.0 Å². The molecular formula is C32H39ClN10O6. The van der Waals surface area contributed by atoms with Gasteiger partial charge in [0.15, 0.2) is 11.9 Å². The van der Waals surface area contributed by atoms with Crippen LogP contribution in [0.1, 0.15) is 70.8 Å². The first-order valence-electron chi connectivity index (χ1n) is 16.3. The van der Waals surface area contributed by atoms with Gasteiger partial charge in [-0.3, -0.25) is 14.0 Å². The number of hydrogen-bond acceptors (Lipinski definition) is 12. The van der Waals surface area contributed by atoms with E-state index in [9.17, 15) is 14.4 Å². The van der Waals surface area contributed by atoms with Crippen molar-refractivity contribution in [3.63, 3.8) is 0 Å². The number of nitrogens with two attached hydrogens (primary N) is 1. The molecule has 0 bridgehead atoms. The molecule has 3 aliphatic heterocycles. The van der Waals surface area contributed by atoms with Crippen molar-refractivity contribution >= 4 is 40.8 Å². The van der Waals surface area contributed by atoms with Crippen LogP contribution in [-0.4, -0.2) is 71.6 Å². The van der Waals surface area contributed by atoms with Gasteiger partial charge >= 0.3 is 12.2 Å². The van der Waals surface area contributed by atoms with E-state index in [1.165, 1.54) is 10.8 Å². The summed E-state index contributed by atoms with van der Waals surface area (Å²) in [5, 5.41) is 11.4. The van der Waals surface area contributed by atoms with Crippen LogP contribution in [0.5, 0.6) is 5.88 Å². The zero-order valence-corrected chi connectivity index (χ0v) is 28.6. The summed E-state index contributed by atoms with van der Waals surface area (Å²) in [5.74, 6) is 0.233. The Kier molecular flexibility index (Phi) is 8.35. The predicted molar refractivity (Wildman–Crippen MR) is 178 cm³/mol. The number of piperidine rings is 1. The molecule has 2 atom stereocenters. The van der Waals surface area contributed by atoms with Crippen LogP contribution >= 0.6 is 11.6 Å². The van der Waals surface area contributed by atoms with Crippen LogP contribution < -0.4 is 26.2 Å². The minimum absolute atomic E-state index is 0.0849. The van der Waals surface area contributed by atoms with E-state index >= 15 is 0 Å². The first-order chi connectivity index (χ1) is 23.3. The van der Waals surface area contributed by atoms with Gasteiger partial charge in [-0.25, -0.2) is 24.6 Å². The lowest BCUT2D eigenvalue weighted by Crippen LogP contribution is -2.46. The molecule has 2 fully saturated rings. The third-order valence-corrected chi connectivity index (χ3v) is 9.84. The van der Waals surface area contributed by atoms with Crippen molar-refractivity contribution in [2.45, 2.75) is 77.3 Å². The molecule has 3 N–H and O–H groups in total. The standard InChI is InChI=1S/C32H39ClN10O6/c1-31(2,3)49-30(46)38-29(45)48-26-22(33)18(8-12-35-26)23-21-25(43(39-23)20-7-5-6-16-47-20)37-28(40(4)27(21)44)41-14-10-32(11-15-41)17-42-19(24(32)34)9-13-36-42/h8-9,12-13,20,24H,5-7,10-11,14-17,34H2,1-4H3,(H,38,45,46)/t20?,24-/m1/s1. The van der Waals surface area contributed by atoms with E-state index in [4.69, 9.17) is 41.6 Å². The fraction of sp³-hybridized carbons (Fsp3) is 0.531. The topological polar surface area (TPSA) is 187 Å². The molecule has 2 saturated heterocycles. The highest BCUT2D eigenvalue weighted by Crippen LogP contribution is 2.48. The van der Waals surface area contributed by atoms with E-state index < -0.39 is 24.0 Å². The zero-order valence-electron chi connectivity index (χ0n) is 27.8. The van der Waals surface area contributed by atoms with Crippen molar-refractivity contribution in [3.05, 3.63) is 45.6 Å². The highest BCUT2D eigenvalue weighted by Gasteiger charge is 2.47. The maximum Gasteiger partial charge on any atom is 0.423 e. The van der Waals surface area contributed by atoms with Crippen molar-refractivity contribution < 1.29 is 23.8 Å². The summed E-state index contributed by atoms with van der Waals surface area (Å²) in [7, 11) is 1.69. The molecule has 49 heavy (non-hydrogen) atoms. The molecule has 0 aliphatic carbocycles. The predicted octanol–water partition coefficient (Wildman–Crippen LogP) is 4.06. The maximum absolute atomic E-state index is 14.3. The summed E-state index contributed by atoms with van der Waals surface area (Å²) in [5.41, 5.74) is 7.40. The van der Waals surface area contributed by atoms with Crippen LogP contribution in [0.4, 0.5) is 15.5 Å². The van der Waals surface area contributed by atoms with Crippen LogP contribution in [0.15, 0.2) is 29.3 Å². The van der Waals surface area contributed by atoms with Gasteiger partial charge in [0, 0.05) is 56.7 Å². The lowest BCUT2D eigenvalue weighted by Gasteiger charge is -2.42. The first kappa shape index (κ1) is 33.0. The minimum atomic E-state index is -1.14. The molecule has 17 heteroatoms. The average molecular weight is 695 g/mol. The number of ether oxygens (including phenoxy) is 3. The number of halogens is 1. The lowest BCUT2D eigenvalue weighted by atomic mass is 9.74. The second kappa shape index (κ2) is 12.4. The Bertz CT molecular complexity index is 1980. The monoisotopic (exact) mass is 694 g/mol. The van der Waals surface area contributed by atoms with E-state index in [2.05, 4.69) is 15.0 Å². The Labute approximate surface area is 286 Å². The van der Waals surface area contributed by atoms with Crippen LogP contribution in [0, 0.1) is 5.41 Å². The van der Waals surface area contributed by atoms with E-state index in [-0.39, 0.29) is 44.6 Å². The Morgan fingerprint density at radius 1 is 1.14 bits per heavy atom. The normalized spacial score (nSPS) is 20.4. The summed E-state index contributed by atoms with van der Waals surface area (Å²) in [6, 6.07) is 3.45. The molecule has 0 aromatic carbocycles. The van der Waals surface area contributed by atoms with E-state index in [0.717, 1.165) is 37.9 Å². The number of pyridine rings is 1. The molecule has 2 amide bonds. The number of alkyl carbamates (subject to hydrolysis) is 1. The fourth-order valence-electron chi connectivity index (χ4n) is 7.00. The summed E-state index contributed by atoms with van der Waals surface area (Å²) in [6.07, 6.45) is 4.74. The number of fused-ring (bicyclic) bond motifs is 2. The maximum atomic E-state index is 14.3.